The van der Waals surface area contributed by atoms with Crippen molar-refractivity contribution in [3.05, 3.63) is 59.2 Å². The number of nitrogens with one attached hydrogen (secondary N) is 1. The predicted molar refractivity (Wildman–Crippen MR) is 138 cm³/mol. The van der Waals surface area contributed by atoms with Crippen molar-refractivity contribution in [2.75, 3.05) is 54.7 Å². The Morgan fingerprint density at radius 1 is 1.06 bits per heavy atom. The third-order valence-electron chi connectivity index (χ3n) is 6.78. The maximum absolute atomic E-state index is 12.6. The van der Waals surface area contributed by atoms with Gasteiger partial charge in [-0.2, -0.15) is 0 Å². The molecule has 2 aromatic rings. The number of anilines is 2. The number of benzene rings is 2. The van der Waals surface area contributed by atoms with Crippen LogP contribution in [-0.4, -0.2) is 70.8 Å². The van der Waals surface area contributed by atoms with Gasteiger partial charge in [0.05, 0.1) is 11.9 Å². The van der Waals surface area contributed by atoms with Crippen LogP contribution < -0.4 is 14.5 Å². The molecule has 8 heteroatoms. The fourth-order valence-electron chi connectivity index (χ4n) is 5.07. The van der Waals surface area contributed by atoms with E-state index in [-0.39, 0.29) is 11.9 Å². The standard InChI is InChI=1S/C26H36N4O3S/c1-20-7-6-8-24(17-20)29-15-13-28(14-16-29)12-5-4-11-27-26(31)22-9-10-25-23(19-22)18-21(2)30(25)34(3,32)33/h6-10,17,19,21H,4-5,11-16,18H2,1-3H3,(H,27,31). The number of amides is 1. The minimum atomic E-state index is -3.32. The molecule has 2 aliphatic heterocycles. The number of hydrogen-bond acceptors (Lipinski definition) is 5. The predicted octanol–water partition coefficient (Wildman–Crippen LogP) is 3.04. The summed E-state index contributed by atoms with van der Waals surface area (Å²) in [5.41, 5.74) is 4.80. The summed E-state index contributed by atoms with van der Waals surface area (Å²) in [4.78, 5) is 17.6. The molecule has 7 nitrogen and oxygen atoms in total. The molecule has 1 fully saturated rings. The number of nitrogens with zero attached hydrogens (tertiary/aromatic N) is 3. The van der Waals surface area contributed by atoms with Gasteiger partial charge in [-0.1, -0.05) is 12.1 Å². The van der Waals surface area contributed by atoms with Crippen LogP contribution in [0.4, 0.5) is 11.4 Å². The van der Waals surface area contributed by atoms with Gasteiger partial charge in [-0.25, -0.2) is 8.42 Å². The lowest BCUT2D eigenvalue weighted by Crippen LogP contribution is -2.46. The first-order chi connectivity index (χ1) is 16.2. The van der Waals surface area contributed by atoms with Crippen molar-refractivity contribution in [2.45, 2.75) is 39.2 Å². The second-order valence-electron chi connectivity index (χ2n) is 9.59. The van der Waals surface area contributed by atoms with Gasteiger partial charge < -0.3 is 10.2 Å². The quantitative estimate of drug-likeness (QED) is 0.583. The van der Waals surface area contributed by atoms with Gasteiger partial charge in [0.15, 0.2) is 0 Å². The molecular formula is C26H36N4O3S. The van der Waals surface area contributed by atoms with E-state index in [0.29, 0.717) is 24.2 Å². The fourth-order valence-corrected chi connectivity index (χ4v) is 6.33. The lowest BCUT2D eigenvalue weighted by Gasteiger charge is -2.36. The molecule has 1 unspecified atom stereocenters. The molecule has 1 amide bonds. The van der Waals surface area contributed by atoms with Gasteiger partial charge >= 0.3 is 0 Å². The Kier molecular flexibility index (Phi) is 7.48. The minimum absolute atomic E-state index is 0.0972. The lowest BCUT2D eigenvalue weighted by atomic mass is 10.1. The first-order valence-corrected chi connectivity index (χ1v) is 14.0. The SMILES string of the molecule is Cc1cccc(N2CCN(CCCCNC(=O)c3ccc4c(c3)CC(C)N4S(C)(=O)=O)CC2)c1. The zero-order chi connectivity index (χ0) is 24.3. The number of unbranched alkanes of at least 4 members (excludes halogenated alkanes) is 1. The van der Waals surface area contributed by atoms with Crippen molar-refractivity contribution in [3.63, 3.8) is 0 Å². The van der Waals surface area contributed by atoms with Crippen LogP contribution in [0, 0.1) is 6.92 Å². The molecule has 2 aromatic carbocycles. The van der Waals surface area contributed by atoms with Gasteiger partial charge in [0.1, 0.15) is 0 Å². The van der Waals surface area contributed by atoms with Gasteiger partial charge in [0.2, 0.25) is 10.0 Å². The Labute approximate surface area is 203 Å². The van der Waals surface area contributed by atoms with E-state index in [1.54, 1.807) is 12.1 Å². The molecule has 0 spiro atoms. The summed E-state index contributed by atoms with van der Waals surface area (Å²) in [6.07, 6.45) is 3.84. The summed E-state index contributed by atoms with van der Waals surface area (Å²) < 4.78 is 25.6. The number of sulfonamides is 1. The first kappa shape index (κ1) is 24.5. The van der Waals surface area contributed by atoms with E-state index in [2.05, 4.69) is 46.3 Å². The van der Waals surface area contributed by atoms with E-state index in [9.17, 15) is 13.2 Å². The molecule has 0 radical (unpaired) electrons. The Balaban J connectivity index is 1.18. The van der Waals surface area contributed by atoms with Gasteiger partial charge in [-0.3, -0.25) is 14.0 Å². The Bertz CT molecular complexity index is 1130. The van der Waals surface area contributed by atoms with Gasteiger partial charge in [0, 0.05) is 50.0 Å². The summed E-state index contributed by atoms with van der Waals surface area (Å²) in [5, 5.41) is 3.02. The highest BCUT2D eigenvalue weighted by Gasteiger charge is 2.32. The second kappa shape index (κ2) is 10.4. The highest BCUT2D eigenvalue weighted by Crippen LogP contribution is 2.34. The van der Waals surface area contributed by atoms with Crippen LogP contribution in [0.2, 0.25) is 0 Å². The number of piperazine rings is 1. The van der Waals surface area contributed by atoms with E-state index in [4.69, 9.17) is 0 Å². The van der Waals surface area contributed by atoms with E-state index in [1.165, 1.54) is 21.8 Å². The average molecular weight is 485 g/mol. The van der Waals surface area contributed by atoms with E-state index in [1.807, 2.05) is 13.0 Å². The molecule has 2 heterocycles. The molecule has 0 aromatic heterocycles. The van der Waals surface area contributed by atoms with Gasteiger partial charge in [-0.15, -0.1) is 0 Å². The summed E-state index contributed by atoms with van der Waals surface area (Å²) >= 11 is 0. The van der Waals surface area contributed by atoms with Crippen molar-refractivity contribution >= 4 is 27.3 Å². The molecule has 34 heavy (non-hydrogen) atoms. The van der Waals surface area contributed by atoms with Crippen LogP contribution in [0.25, 0.3) is 0 Å². The number of rotatable bonds is 8. The van der Waals surface area contributed by atoms with Crippen molar-refractivity contribution in [2.24, 2.45) is 0 Å². The fraction of sp³-hybridized carbons (Fsp3) is 0.500. The Morgan fingerprint density at radius 3 is 2.53 bits per heavy atom. The molecule has 1 atom stereocenters. The summed E-state index contributed by atoms with van der Waals surface area (Å²) in [6.45, 7) is 9.96. The maximum atomic E-state index is 12.6. The van der Waals surface area contributed by atoms with Crippen LogP contribution in [0.3, 0.4) is 0 Å². The topological polar surface area (TPSA) is 73.0 Å². The smallest absolute Gasteiger partial charge is 0.251 e. The molecule has 0 bridgehead atoms. The second-order valence-corrected chi connectivity index (χ2v) is 11.4. The highest BCUT2D eigenvalue weighted by molar-refractivity contribution is 7.92. The normalized spacial score (nSPS) is 18.7. The third kappa shape index (κ3) is 5.73. The van der Waals surface area contributed by atoms with Crippen LogP contribution in [0.1, 0.15) is 41.3 Å². The van der Waals surface area contributed by atoms with Gasteiger partial charge in [-0.05, 0) is 81.1 Å². The maximum Gasteiger partial charge on any atom is 0.251 e. The number of fused-ring (bicyclic) bond motifs is 1. The monoisotopic (exact) mass is 484 g/mol. The Morgan fingerprint density at radius 2 is 1.82 bits per heavy atom. The Hall–Kier alpha value is -2.58. The number of carbonyl (C=O) groups is 1. The highest BCUT2D eigenvalue weighted by atomic mass is 32.2. The molecule has 4 rings (SSSR count). The number of carbonyl (C=O) groups excluding carboxylic acids is 1. The molecule has 1 N–H and O–H groups in total. The van der Waals surface area contributed by atoms with Crippen LogP contribution in [0.15, 0.2) is 42.5 Å². The third-order valence-corrected chi connectivity index (χ3v) is 8.05. The van der Waals surface area contributed by atoms with E-state index < -0.39 is 10.0 Å². The summed E-state index contributed by atoms with van der Waals surface area (Å²) in [7, 11) is -3.32. The van der Waals surface area contributed by atoms with E-state index >= 15 is 0 Å². The zero-order valence-electron chi connectivity index (χ0n) is 20.5. The number of aryl methyl sites for hydroxylation is 1. The van der Waals surface area contributed by atoms with Gasteiger partial charge in [0.25, 0.3) is 5.91 Å². The van der Waals surface area contributed by atoms with E-state index in [0.717, 1.165) is 51.1 Å². The molecule has 2 aliphatic rings. The zero-order valence-corrected chi connectivity index (χ0v) is 21.3. The molecule has 0 aliphatic carbocycles. The lowest BCUT2D eigenvalue weighted by molar-refractivity contribution is 0.0952. The van der Waals surface area contributed by atoms with Crippen LogP contribution in [-0.2, 0) is 16.4 Å². The van der Waals surface area contributed by atoms with Crippen LogP contribution >= 0.6 is 0 Å². The van der Waals surface area contributed by atoms with Crippen molar-refractivity contribution in [3.8, 4) is 0 Å². The van der Waals surface area contributed by atoms with Crippen molar-refractivity contribution in [1.29, 1.82) is 0 Å². The number of hydrogen-bond donors (Lipinski definition) is 1. The van der Waals surface area contributed by atoms with Crippen LogP contribution in [0.5, 0.6) is 0 Å². The van der Waals surface area contributed by atoms with Crippen molar-refractivity contribution < 1.29 is 13.2 Å². The molecule has 184 valence electrons. The summed E-state index contributed by atoms with van der Waals surface area (Å²) in [5.74, 6) is -0.0972. The molecule has 1 saturated heterocycles. The first-order valence-electron chi connectivity index (χ1n) is 12.2. The average Bonchev–Trinajstić information content (AvgIpc) is 3.14. The molecular weight excluding hydrogens is 448 g/mol. The summed E-state index contributed by atoms with van der Waals surface area (Å²) in [6, 6.07) is 13.9. The van der Waals surface area contributed by atoms with Crippen molar-refractivity contribution in [1.82, 2.24) is 10.2 Å². The molecule has 0 saturated carbocycles. The minimum Gasteiger partial charge on any atom is -0.369 e. The largest absolute Gasteiger partial charge is 0.369 e.